The van der Waals surface area contributed by atoms with Crippen molar-refractivity contribution in [1.29, 1.82) is 0 Å². The van der Waals surface area contributed by atoms with Crippen molar-refractivity contribution in [1.82, 2.24) is 5.32 Å². The molecule has 1 aliphatic carbocycles. The highest BCUT2D eigenvalue weighted by Gasteiger charge is 2.41. The Morgan fingerprint density at radius 1 is 1.31 bits per heavy atom. The third-order valence-corrected chi connectivity index (χ3v) is 3.24. The normalized spacial score (nSPS) is 29.4. The van der Waals surface area contributed by atoms with Crippen LogP contribution in [-0.4, -0.2) is 38.5 Å². The molecule has 3 heteroatoms. The molecular weight excluding hydrogens is 202 g/mol. The van der Waals surface area contributed by atoms with E-state index >= 15 is 0 Å². The first kappa shape index (κ1) is 13.9. The topological polar surface area (TPSA) is 30.5 Å². The summed E-state index contributed by atoms with van der Waals surface area (Å²) in [6.07, 6.45) is 4.07. The first-order chi connectivity index (χ1) is 7.69. The molecule has 1 aliphatic rings. The molecule has 0 aromatic rings. The van der Waals surface area contributed by atoms with Crippen molar-refractivity contribution >= 4 is 0 Å². The van der Waals surface area contributed by atoms with Crippen LogP contribution < -0.4 is 5.32 Å². The Balaban J connectivity index is 2.12. The molecule has 1 N–H and O–H groups in total. The van der Waals surface area contributed by atoms with Crippen molar-refractivity contribution in [3.8, 4) is 0 Å². The van der Waals surface area contributed by atoms with E-state index in [4.69, 9.17) is 9.47 Å². The molecule has 0 aromatic carbocycles. The Morgan fingerprint density at radius 2 is 2.06 bits per heavy atom. The van der Waals surface area contributed by atoms with Gasteiger partial charge in [-0.2, -0.15) is 0 Å². The SMILES string of the molecule is CCOC1C(NC)CC1OCCCC(C)C. The second-order valence-corrected chi connectivity index (χ2v) is 5.00. The Labute approximate surface area is 99.9 Å². The van der Waals surface area contributed by atoms with Gasteiger partial charge in [-0.05, 0) is 39.2 Å². The predicted molar refractivity (Wildman–Crippen MR) is 66.7 cm³/mol. The van der Waals surface area contributed by atoms with E-state index < -0.39 is 0 Å². The molecule has 3 unspecified atom stereocenters. The Bertz CT molecular complexity index is 185. The molecule has 0 radical (unpaired) electrons. The van der Waals surface area contributed by atoms with Gasteiger partial charge in [-0.1, -0.05) is 13.8 Å². The van der Waals surface area contributed by atoms with Gasteiger partial charge in [0.25, 0.3) is 0 Å². The number of hydrogen-bond acceptors (Lipinski definition) is 3. The van der Waals surface area contributed by atoms with Gasteiger partial charge in [0.15, 0.2) is 0 Å². The highest BCUT2D eigenvalue weighted by atomic mass is 16.5. The number of likely N-dealkylation sites (N-methyl/N-ethyl adjacent to an activating group) is 1. The molecule has 1 saturated carbocycles. The molecule has 3 atom stereocenters. The second kappa shape index (κ2) is 7.25. The molecule has 0 bridgehead atoms. The Morgan fingerprint density at radius 3 is 2.62 bits per heavy atom. The molecule has 0 aromatic heterocycles. The summed E-state index contributed by atoms with van der Waals surface area (Å²) in [4.78, 5) is 0. The molecule has 16 heavy (non-hydrogen) atoms. The van der Waals surface area contributed by atoms with E-state index in [1.807, 2.05) is 14.0 Å². The van der Waals surface area contributed by atoms with Crippen molar-refractivity contribution in [3.63, 3.8) is 0 Å². The molecular formula is C13H27NO2. The average Bonchev–Trinajstić information content (AvgIpc) is 2.23. The quantitative estimate of drug-likeness (QED) is 0.647. The van der Waals surface area contributed by atoms with E-state index in [0.717, 1.165) is 32.0 Å². The van der Waals surface area contributed by atoms with Gasteiger partial charge >= 0.3 is 0 Å². The van der Waals surface area contributed by atoms with Gasteiger partial charge in [0.05, 0.1) is 12.2 Å². The summed E-state index contributed by atoms with van der Waals surface area (Å²) in [5, 5.41) is 3.27. The van der Waals surface area contributed by atoms with Crippen LogP contribution in [0.25, 0.3) is 0 Å². The van der Waals surface area contributed by atoms with Gasteiger partial charge in [-0.25, -0.2) is 0 Å². The molecule has 1 rings (SSSR count). The number of ether oxygens (including phenoxy) is 2. The fraction of sp³-hybridized carbons (Fsp3) is 1.00. The molecule has 0 heterocycles. The zero-order valence-electron chi connectivity index (χ0n) is 11.2. The van der Waals surface area contributed by atoms with Gasteiger partial charge in [0, 0.05) is 19.3 Å². The van der Waals surface area contributed by atoms with Crippen LogP contribution in [0.15, 0.2) is 0 Å². The Hall–Kier alpha value is -0.120. The lowest BCUT2D eigenvalue weighted by Crippen LogP contribution is -2.59. The average molecular weight is 229 g/mol. The maximum absolute atomic E-state index is 5.86. The van der Waals surface area contributed by atoms with Crippen LogP contribution in [0.4, 0.5) is 0 Å². The summed E-state index contributed by atoms with van der Waals surface area (Å²) in [6.45, 7) is 8.20. The van der Waals surface area contributed by atoms with E-state index in [1.165, 1.54) is 6.42 Å². The van der Waals surface area contributed by atoms with Crippen molar-refractivity contribution < 1.29 is 9.47 Å². The van der Waals surface area contributed by atoms with Crippen LogP contribution in [-0.2, 0) is 9.47 Å². The van der Waals surface area contributed by atoms with Crippen LogP contribution in [0, 0.1) is 5.92 Å². The van der Waals surface area contributed by atoms with Crippen LogP contribution in [0.3, 0.4) is 0 Å². The smallest absolute Gasteiger partial charge is 0.0990 e. The summed E-state index contributed by atoms with van der Waals surface area (Å²) in [5.74, 6) is 0.776. The van der Waals surface area contributed by atoms with Crippen LogP contribution in [0.2, 0.25) is 0 Å². The minimum absolute atomic E-state index is 0.258. The third-order valence-electron chi connectivity index (χ3n) is 3.24. The van der Waals surface area contributed by atoms with Crippen LogP contribution >= 0.6 is 0 Å². The lowest BCUT2D eigenvalue weighted by molar-refractivity contribution is -0.144. The van der Waals surface area contributed by atoms with Gasteiger partial charge in [-0.15, -0.1) is 0 Å². The molecule has 0 spiro atoms. The van der Waals surface area contributed by atoms with Crippen LogP contribution in [0.5, 0.6) is 0 Å². The van der Waals surface area contributed by atoms with Gasteiger partial charge in [0.1, 0.15) is 0 Å². The lowest BCUT2D eigenvalue weighted by Gasteiger charge is -2.43. The fourth-order valence-electron chi connectivity index (χ4n) is 2.17. The highest BCUT2D eigenvalue weighted by molar-refractivity contribution is 4.96. The minimum atomic E-state index is 0.258. The second-order valence-electron chi connectivity index (χ2n) is 5.00. The molecule has 0 saturated heterocycles. The third kappa shape index (κ3) is 4.04. The summed E-state index contributed by atoms with van der Waals surface area (Å²) < 4.78 is 11.5. The maximum atomic E-state index is 5.86. The van der Waals surface area contributed by atoms with E-state index in [1.54, 1.807) is 0 Å². The summed E-state index contributed by atoms with van der Waals surface area (Å²) in [6, 6.07) is 0.482. The van der Waals surface area contributed by atoms with Gasteiger partial charge < -0.3 is 14.8 Å². The largest absolute Gasteiger partial charge is 0.375 e. The van der Waals surface area contributed by atoms with Gasteiger partial charge in [0.2, 0.25) is 0 Å². The number of nitrogens with one attached hydrogen (secondary N) is 1. The van der Waals surface area contributed by atoms with E-state index in [0.29, 0.717) is 12.1 Å². The predicted octanol–water partition coefficient (Wildman–Crippen LogP) is 2.20. The van der Waals surface area contributed by atoms with Crippen molar-refractivity contribution in [2.75, 3.05) is 20.3 Å². The monoisotopic (exact) mass is 229 g/mol. The first-order valence-electron chi connectivity index (χ1n) is 6.59. The standard InChI is InChI=1S/C13H27NO2/c1-5-15-13-11(14-4)9-12(13)16-8-6-7-10(2)3/h10-14H,5-9H2,1-4H3. The van der Waals surface area contributed by atoms with Crippen molar-refractivity contribution in [2.24, 2.45) is 5.92 Å². The summed E-state index contributed by atoms with van der Waals surface area (Å²) in [5.41, 5.74) is 0. The minimum Gasteiger partial charge on any atom is -0.375 e. The molecule has 3 nitrogen and oxygen atoms in total. The van der Waals surface area contributed by atoms with E-state index in [-0.39, 0.29) is 6.10 Å². The Kier molecular flexibility index (Phi) is 6.32. The highest BCUT2D eigenvalue weighted by Crippen LogP contribution is 2.27. The van der Waals surface area contributed by atoms with Crippen molar-refractivity contribution in [3.05, 3.63) is 0 Å². The zero-order chi connectivity index (χ0) is 12.0. The van der Waals surface area contributed by atoms with E-state index in [2.05, 4.69) is 19.2 Å². The summed E-state index contributed by atoms with van der Waals surface area (Å²) in [7, 11) is 1.99. The molecule has 1 fully saturated rings. The van der Waals surface area contributed by atoms with Gasteiger partial charge in [-0.3, -0.25) is 0 Å². The maximum Gasteiger partial charge on any atom is 0.0990 e. The number of rotatable bonds is 8. The summed E-state index contributed by atoms with van der Waals surface area (Å²) >= 11 is 0. The van der Waals surface area contributed by atoms with Crippen LogP contribution in [0.1, 0.15) is 40.0 Å². The molecule has 96 valence electrons. The fourth-order valence-corrected chi connectivity index (χ4v) is 2.17. The molecule has 0 aliphatic heterocycles. The van der Waals surface area contributed by atoms with Crippen molar-refractivity contribution in [2.45, 2.75) is 58.3 Å². The lowest BCUT2D eigenvalue weighted by atomic mass is 9.85. The number of hydrogen-bond donors (Lipinski definition) is 1. The first-order valence-corrected chi connectivity index (χ1v) is 6.59. The van der Waals surface area contributed by atoms with E-state index in [9.17, 15) is 0 Å². The molecule has 0 amide bonds. The zero-order valence-corrected chi connectivity index (χ0v) is 11.2.